The molecule has 0 radical (unpaired) electrons. The van der Waals surface area contributed by atoms with Crippen molar-refractivity contribution in [3.63, 3.8) is 0 Å². The summed E-state index contributed by atoms with van der Waals surface area (Å²) in [6.07, 6.45) is 1.11. The summed E-state index contributed by atoms with van der Waals surface area (Å²) in [5.41, 5.74) is 0. The summed E-state index contributed by atoms with van der Waals surface area (Å²) in [4.78, 5) is 21.3. The lowest BCUT2D eigenvalue weighted by molar-refractivity contribution is -0.144. The average Bonchev–Trinajstić information content (AvgIpc) is 2.16. The van der Waals surface area contributed by atoms with Gasteiger partial charge in [0.25, 0.3) is 0 Å². The van der Waals surface area contributed by atoms with Gasteiger partial charge in [-0.25, -0.2) is 0 Å². The number of aliphatic carboxylic acids is 1. The maximum Gasteiger partial charge on any atom is 0.305 e. The van der Waals surface area contributed by atoms with Gasteiger partial charge in [-0.05, 0) is 6.42 Å². The molecule has 1 unspecified atom stereocenters. The summed E-state index contributed by atoms with van der Waals surface area (Å²) in [6.45, 7) is 2.11. The Bertz CT molecular complexity index is 202. The molecule has 0 aliphatic heterocycles. The number of carboxylic acids is 1. The standard InChI is InChI=1S/C10H18O5/c1-3-4-10(13)15-6-5-8(14-2)7-9(11)12/h8H,3-7H2,1-2H3,(H,11,12). The van der Waals surface area contributed by atoms with Crippen LogP contribution in [0, 0.1) is 0 Å². The van der Waals surface area contributed by atoms with Gasteiger partial charge < -0.3 is 14.6 Å². The second kappa shape index (κ2) is 8.23. The Balaban J connectivity index is 3.62. The quantitative estimate of drug-likeness (QED) is 0.620. The van der Waals surface area contributed by atoms with E-state index in [4.69, 9.17) is 14.6 Å². The largest absolute Gasteiger partial charge is 0.481 e. The molecule has 1 N–H and O–H groups in total. The third kappa shape index (κ3) is 7.93. The van der Waals surface area contributed by atoms with Gasteiger partial charge in [-0.3, -0.25) is 9.59 Å². The lowest BCUT2D eigenvalue weighted by Gasteiger charge is -2.12. The third-order valence-corrected chi connectivity index (χ3v) is 1.89. The van der Waals surface area contributed by atoms with Gasteiger partial charge in [0.1, 0.15) is 0 Å². The maximum atomic E-state index is 11.0. The first-order valence-electron chi connectivity index (χ1n) is 5.00. The highest BCUT2D eigenvalue weighted by atomic mass is 16.5. The molecule has 0 rings (SSSR count). The third-order valence-electron chi connectivity index (χ3n) is 1.89. The van der Waals surface area contributed by atoms with Crippen LogP contribution < -0.4 is 0 Å². The molecule has 0 aromatic heterocycles. The molecule has 0 aliphatic carbocycles. The van der Waals surface area contributed by atoms with Crippen molar-refractivity contribution in [1.82, 2.24) is 0 Å². The Hall–Kier alpha value is -1.10. The van der Waals surface area contributed by atoms with E-state index in [1.807, 2.05) is 6.92 Å². The molecular formula is C10H18O5. The van der Waals surface area contributed by atoms with Crippen molar-refractivity contribution in [1.29, 1.82) is 0 Å². The molecule has 0 saturated heterocycles. The molecule has 0 aromatic carbocycles. The number of esters is 1. The van der Waals surface area contributed by atoms with Crippen LogP contribution in [-0.4, -0.2) is 36.9 Å². The minimum absolute atomic E-state index is 0.0676. The first kappa shape index (κ1) is 13.9. The number of carboxylic acid groups (broad SMARTS) is 1. The van der Waals surface area contributed by atoms with E-state index in [0.29, 0.717) is 12.8 Å². The van der Waals surface area contributed by atoms with Gasteiger partial charge in [-0.2, -0.15) is 0 Å². The van der Waals surface area contributed by atoms with Gasteiger partial charge in [0, 0.05) is 20.0 Å². The molecule has 0 bridgehead atoms. The van der Waals surface area contributed by atoms with Crippen molar-refractivity contribution >= 4 is 11.9 Å². The second-order valence-corrected chi connectivity index (χ2v) is 3.21. The van der Waals surface area contributed by atoms with Crippen LogP contribution in [0.4, 0.5) is 0 Å². The number of methoxy groups -OCH3 is 1. The van der Waals surface area contributed by atoms with Gasteiger partial charge in [0.15, 0.2) is 0 Å². The van der Waals surface area contributed by atoms with E-state index in [2.05, 4.69) is 0 Å². The Morgan fingerprint density at radius 2 is 2.07 bits per heavy atom. The highest BCUT2D eigenvalue weighted by molar-refractivity contribution is 5.69. The number of hydrogen-bond acceptors (Lipinski definition) is 4. The number of ether oxygens (including phenoxy) is 2. The summed E-state index contributed by atoms with van der Waals surface area (Å²) in [5.74, 6) is -1.16. The summed E-state index contributed by atoms with van der Waals surface area (Å²) < 4.78 is 9.82. The van der Waals surface area contributed by atoms with Crippen LogP contribution in [0.1, 0.15) is 32.6 Å². The zero-order valence-electron chi connectivity index (χ0n) is 9.19. The molecule has 88 valence electrons. The van der Waals surface area contributed by atoms with Crippen LogP contribution in [0.25, 0.3) is 0 Å². The Labute approximate surface area is 89.4 Å². The highest BCUT2D eigenvalue weighted by Gasteiger charge is 2.12. The first-order valence-corrected chi connectivity index (χ1v) is 5.00. The molecule has 0 fully saturated rings. The average molecular weight is 218 g/mol. The molecule has 5 nitrogen and oxygen atoms in total. The van der Waals surface area contributed by atoms with E-state index in [9.17, 15) is 9.59 Å². The van der Waals surface area contributed by atoms with Crippen molar-refractivity contribution < 1.29 is 24.2 Å². The number of hydrogen-bond donors (Lipinski definition) is 1. The van der Waals surface area contributed by atoms with Crippen molar-refractivity contribution in [3.8, 4) is 0 Å². The minimum Gasteiger partial charge on any atom is -0.481 e. The van der Waals surface area contributed by atoms with Crippen molar-refractivity contribution in [2.75, 3.05) is 13.7 Å². The molecule has 0 aliphatic rings. The molecule has 0 heterocycles. The molecule has 0 aromatic rings. The van der Waals surface area contributed by atoms with E-state index in [1.54, 1.807) is 0 Å². The Kier molecular flexibility index (Phi) is 7.62. The molecule has 15 heavy (non-hydrogen) atoms. The van der Waals surface area contributed by atoms with Crippen LogP contribution in [0.3, 0.4) is 0 Å². The Morgan fingerprint density at radius 1 is 1.40 bits per heavy atom. The second-order valence-electron chi connectivity index (χ2n) is 3.21. The summed E-state index contributed by atoms with van der Waals surface area (Å²) in [7, 11) is 1.45. The number of carbonyl (C=O) groups excluding carboxylic acids is 1. The first-order chi connectivity index (χ1) is 7.10. The maximum absolute atomic E-state index is 11.0. The van der Waals surface area contributed by atoms with E-state index < -0.39 is 12.1 Å². The summed E-state index contributed by atoms with van der Waals surface area (Å²) in [6, 6.07) is 0. The SMILES string of the molecule is CCCC(=O)OCCC(CC(=O)O)OC. The predicted molar refractivity (Wildman–Crippen MR) is 53.5 cm³/mol. The van der Waals surface area contributed by atoms with Gasteiger partial charge in [0.05, 0.1) is 19.1 Å². The monoisotopic (exact) mass is 218 g/mol. The molecule has 1 atom stereocenters. The van der Waals surface area contributed by atoms with Gasteiger partial charge in [-0.15, -0.1) is 0 Å². The minimum atomic E-state index is -0.915. The lowest BCUT2D eigenvalue weighted by atomic mass is 10.2. The topological polar surface area (TPSA) is 72.8 Å². The van der Waals surface area contributed by atoms with Gasteiger partial charge in [-0.1, -0.05) is 6.92 Å². The number of rotatable bonds is 8. The zero-order valence-corrected chi connectivity index (χ0v) is 9.19. The van der Waals surface area contributed by atoms with Crippen LogP contribution in [0.5, 0.6) is 0 Å². The smallest absolute Gasteiger partial charge is 0.305 e. The van der Waals surface area contributed by atoms with Crippen molar-refractivity contribution in [2.45, 2.75) is 38.7 Å². The van der Waals surface area contributed by atoms with Gasteiger partial charge in [0.2, 0.25) is 0 Å². The van der Waals surface area contributed by atoms with E-state index in [-0.39, 0.29) is 19.0 Å². The van der Waals surface area contributed by atoms with E-state index >= 15 is 0 Å². The van der Waals surface area contributed by atoms with Crippen LogP contribution in [0.15, 0.2) is 0 Å². The fourth-order valence-electron chi connectivity index (χ4n) is 1.08. The fraction of sp³-hybridized carbons (Fsp3) is 0.800. The molecule has 0 spiro atoms. The molecule has 5 heteroatoms. The number of carbonyl (C=O) groups is 2. The van der Waals surface area contributed by atoms with Crippen LogP contribution in [-0.2, 0) is 19.1 Å². The zero-order chi connectivity index (χ0) is 11.7. The lowest BCUT2D eigenvalue weighted by Crippen LogP contribution is -2.19. The van der Waals surface area contributed by atoms with Crippen LogP contribution in [0.2, 0.25) is 0 Å². The highest BCUT2D eigenvalue weighted by Crippen LogP contribution is 2.04. The Morgan fingerprint density at radius 3 is 2.53 bits per heavy atom. The van der Waals surface area contributed by atoms with Gasteiger partial charge >= 0.3 is 11.9 Å². The van der Waals surface area contributed by atoms with Crippen molar-refractivity contribution in [3.05, 3.63) is 0 Å². The molecule has 0 amide bonds. The molecular weight excluding hydrogens is 200 g/mol. The summed E-state index contributed by atoms with van der Waals surface area (Å²) in [5, 5.41) is 8.52. The van der Waals surface area contributed by atoms with Crippen LogP contribution >= 0.6 is 0 Å². The molecule has 0 saturated carbocycles. The summed E-state index contributed by atoms with van der Waals surface area (Å²) >= 11 is 0. The normalized spacial score (nSPS) is 12.1. The predicted octanol–water partition coefficient (Wildman–Crippen LogP) is 1.21. The van der Waals surface area contributed by atoms with Crippen molar-refractivity contribution in [2.24, 2.45) is 0 Å². The fourth-order valence-corrected chi connectivity index (χ4v) is 1.08. The van der Waals surface area contributed by atoms with E-state index in [0.717, 1.165) is 6.42 Å². The van der Waals surface area contributed by atoms with E-state index in [1.165, 1.54) is 7.11 Å².